The maximum Gasteiger partial charge on any atom is 0.420 e. The van der Waals surface area contributed by atoms with Crippen molar-refractivity contribution in [1.82, 2.24) is 4.72 Å². The monoisotopic (exact) mass is 503 g/mol. The Morgan fingerprint density at radius 2 is 1.88 bits per heavy atom. The van der Waals surface area contributed by atoms with E-state index < -0.39 is 79.2 Å². The first-order chi connectivity index (χ1) is 15.5. The molecule has 3 saturated heterocycles. The molecular weight excluding hydrogens is 482 g/mol. The second-order valence-corrected chi connectivity index (χ2v) is 11.4. The van der Waals surface area contributed by atoms with Gasteiger partial charge in [0.15, 0.2) is 5.82 Å². The van der Waals surface area contributed by atoms with Gasteiger partial charge < -0.3 is 4.74 Å². The van der Waals surface area contributed by atoms with Crippen LogP contribution >= 0.6 is 0 Å². The molecule has 8 nitrogen and oxygen atoms in total. The first-order valence-electron chi connectivity index (χ1n) is 10.4. The average Bonchev–Trinajstić information content (AvgIpc) is 3.17. The van der Waals surface area contributed by atoms with Gasteiger partial charge in [0.1, 0.15) is 5.56 Å². The number of sulfonamides is 1. The standard InChI is InChI=1S/C21H21F4N3O5S/c1-5-34(31,32)27-12-8-18(2)19(3)15(20(12,4)33-18)16(29)28(17(19)30)11-7-6-10(9-26)13(14(11)22)21(23,24)25/h6-7,12,15,27H,5,8H2,1-4H3/t12-,15-,18-,19-,20+/m1/s1. The molecule has 3 heterocycles. The van der Waals surface area contributed by atoms with Crippen LogP contribution in [-0.2, 0) is 30.5 Å². The van der Waals surface area contributed by atoms with Gasteiger partial charge in [0.25, 0.3) is 0 Å². The smallest absolute Gasteiger partial charge is 0.365 e. The number of rotatable bonds is 4. The predicted octanol–water partition coefficient (Wildman–Crippen LogP) is 2.47. The number of anilines is 1. The van der Waals surface area contributed by atoms with Crippen molar-refractivity contribution in [2.75, 3.05) is 10.7 Å². The highest BCUT2D eigenvalue weighted by Gasteiger charge is 2.82. The number of carbonyl (C=O) groups is 2. The SMILES string of the molecule is CCS(=O)(=O)N[C@@H]1C[C@@]2(C)O[C@]1(C)[C@@H]1C(=O)N(c3ccc(C#N)c(C(F)(F)F)c3F)C(=O)[C@@]12C. The summed E-state index contributed by atoms with van der Waals surface area (Å²) in [6, 6.07) is 1.86. The molecule has 3 aliphatic heterocycles. The molecule has 2 bridgehead atoms. The highest BCUT2D eigenvalue weighted by atomic mass is 32.2. The summed E-state index contributed by atoms with van der Waals surface area (Å²) >= 11 is 0. The summed E-state index contributed by atoms with van der Waals surface area (Å²) in [4.78, 5) is 27.4. The van der Waals surface area contributed by atoms with Crippen LogP contribution in [0.15, 0.2) is 12.1 Å². The summed E-state index contributed by atoms with van der Waals surface area (Å²) in [5.74, 6) is -5.41. The van der Waals surface area contributed by atoms with Crippen molar-refractivity contribution >= 4 is 27.5 Å². The van der Waals surface area contributed by atoms with E-state index in [9.17, 15) is 31.2 Å². The predicted molar refractivity (Wildman–Crippen MR) is 109 cm³/mol. The number of hydrogen-bond acceptors (Lipinski definition) is 6. The fourth-order valence-corrected chi connectivity index (χ4v) is 6.66. The molecule has 184 valence electrons. The van der Waals surface area contributed by atoms with Crippen molar-refractivity contribution in [1.29, 1.82) is 5.26 Å². The summed E-state index contributed by atoms with van der Waals surface area (Å²) in [7, 11) is -3.73. The van der Waals surface area contributed by atoms with E-state index in [-0.39, 0.29) is 12.2 Å². The molecule has 3 fully saturated rings. The summed E-state index contributed by atoms with van der Waals surface area (Å²) < 4.78 is 88.6. The summed E-state index contributed by atoms with van der Waals surface area (Å²) in [5, 5.41) is 8.99. The minimum atomic E-state index is -5.25. The summed E-state index contributed by atoms with van der Waals surface area (Å²) in [6.07, 6.45) is -5.23. The molecule has 0 saturated carbocycles. The normalized spacial score (nSPS) is 35.1. The molecule has 13 heteroatoms. The van der Waals surface area contributed by atoms with E-state index in [1.807, 2.05) is 0 Å². The summed E-state index contributed by atoms with van der Waals surface area (Å²) in [6.45, 7) is 5.82. The van der Waals surface area contributed by atoms with Gasteiger partial charge in [-0.25, -0.2) is 22.4 Å². The molecule has 1 aromatic rings. The number of fused-ring (bicyclic) bond motifs is 5. The quantitative estimate of drug-likeness (QED) is 0.499. The van der Waals surface area contributed by atoms with E-state index in [0.717, 1.165) is 6.07 Å². The lowest BCUT2D eigenvalue weighted by molar-refractivity contribution is -0.140. The molecule has 1 N–H and O–H groups in total. The van der Waals surface area contributed by atoms with E-state index in [1.165, 1.54) is 33.8 Å². The first kappa shape index (κ1) is 24.6. The van der Waals surface area contributed by atoms with Gasteiger partial charge in [-0.15, -0.1) is 0 Å². The van der Waals surface area contributed by atoms with Crippen LogP contribution in [0.4, 0.5) is 23.2 Å². The topological polar surface area (TPSA) is 117 Å². The lowest BCUT2D eigenvalue weighted by atomic mass is 9.58. The van der Waals surface area contributed by atoms with E-state index in [4.69, 9.17) is 10.00 Å². The van der Waals surface area contributed by atoms with Crippen molar-refractivity contribution in [3.05, 3.63) is 29.1 Å². The molecule has 0 aromatic heterocycles. The van der Waals surface area contributed by atoms with Gasteiger partial charge in [0.05, 0.1) is 51.6 Å². The van der Waals surface area contributed by atoms with Crippen LogP contribution in [0.3, 0.4) is 0 Å². The number of ether oxygens (including phenoxy) is 1. The van der Waals surface area contributed by atoms with Gasteiger partial charge in [-0.1, -0.05) is 0 Å². The second kappa shape index (κ2) is 6.99. The van der Waals surface area contributed by atoms with Crippen molar-refractivity contribution in [3.63, 3.8) is 0 Å². The third-order valence-corrected chi connectivity index (χ3v) is 8.97. The second-order valence-electron chi connectivity index (χ2n) is 9.34. The zero-order valence-electron chi connectivity index (χ0n) is 18.6. The van der Waals surface area contributed by atoms with Crippen molar-refractivity contribution in [2.24, 2.45) is 11.3 Å². The van der Waals surface area contributed by atoms with Crippen molar-refractivity contribution in [3.8, 4) is 6.07 Å². The van der Waals surface area contributed by atoms with Gasteiger partial charge >= 0.3 is 6.18 Å². The molecule has 3 aliphatic rings. The molecule has 0 spiro atoms. The number of benzene rings is 1. The maximum atomic E-state index is 15.1. The van der Waals surface area contributed by atoms with E-state index in [2.05, 4.69) is 4.72 Å². The van der Waals surface area contributed by atoms with E-state index >= 15 is 4.39 Å². The number of hydrogen-bond donors (Lipinski definition) is 1. The lowest BCUT2D eigenvalue weighted by Gasteiger charge is -2.41. The zero-order chi connectivity index (χ0) is 25.6. The lowest BCUT2D eigenvalue weighted by Crippen LogP contribution is -2.59. The Kier molecular flexibility index (Phi) is 5.05. The van der Waals surface area contributed by atoms with Crippen LogP contribution < -0.4 is 9.62 Å². The fraction of sp³-hybridized carbons (Fsp3) is 0.571. The molecule has 4 rings (SSSR count). The Morgan fingerprint density at radius 1 is 1.26 bits per heavy atom. The van der Waals surface area contributed by atoms with Gasteiger partial charge in [-0.3, -0.25) is 9.59 Å². The minimum absolute atomic E-state index is 0.0201. The third kappa shape index (κ3) is 2.91. The van der Waals surface area contributed by atoms with Crippen LogP contribution in [0.1, 0.15) is 45.2 Å². The molecule has 0 aliphatic carbocycles. The molecule has 0 radical (unpaired) electrons. The number of alkyl halides is 3. The number of halogens is 4. The van der Waals surface area contributed by atoms with Crippen LogP contribution in [0.2, 0.25) is 0 Å². The Hall–Kier alpha value is -2.56. The number of nitrogens with zero attached hydrogens (tertiary/aromatic N) is 2. The Labute approximate surface area is 192 Å². The largest absolute Gasteiger partial charge is 0.420 e. The molecule has 34 heavy (non-hydrogen) atoms. The Morgan fingerprint density at radius 3 is 2.41 bits per heavy atom. The molecule has 5 atom stereocenters. The summed E-state index contributed by atoms with van der Waals surface area (Å²) in [5.41, 5.74) is -8.25. The average molecular weight is 503 g/mol. The van der Waals surface area contributed by atoms with Crippen molar-refractivity contribution < 1.29 is 40.3 Å². The number of nitriles is 1. The van der Waals surface area contributed by atoms with Crippen LogP contribution in [0.5, 0.6) is 0 Å². The van der Waals surface area contributed by atoms with Gasteiger partial charge in [-0.05, 0) is 46.2 Å². The zero-order valence-corrected chi connectivity index (χ0v) is 19.4. The number of carbonyl (C=O) groups excluding carboxylic acids is 2. The van der Waals surface area contributed by atoms with E-state index in [0.29, 0.717) is 11.0 Å². The van der Waals surface area contributed by atoms with Crippen LogP contribution in [0, 0.1) is 28.5 Å². The molecular formula is C21H21F4N3O5S. The number of nitrogens with one attached hydrogen (secondary N) is 1. The molecule has 2 amide bonds. The van der Waals surface area contributed by atoms with Crippen LogP contribution in [-0.4, -0.2) is 43.2 Å². The molecule has 1 aromatic carbocycles. The Bertz CT molecular complexity index is 1280. The third-order valence-electron chi connectivity index (χ3n) is 7.56. The molecule has 0 unspecified atom stereocenters. The van der Waals surface area contributed by atoms with Crippen LogP contribution in [0.25, 0.3) is 0 Å². The fourth-order valence-electron chi connectivity index (χ4n) is 5.75. The van der Waals surface area contributed by atoms with Gasteiger partial charge in [-0.2, -0.15) is 18.4 Å². The highest BCUT2D eigenvalue weighted by molar-refractivity contribution is 7.89. The first-order valence-corrected chi connectivity index (χ1v) is 12.0. The van der Waals surface area contributed by atoms with Gasteiger partial charge in [0.2, 0.25) is 21.8 Å². The minimum Gasteiger partial charge on any atom is -0.365 e. The van der Waals surface area contributed by atoms with Crippen molar-refractivity contribution in [2.45, 2.75) is 57.5 Å². The number of imide groups is 1. The maximum absolute atomic E-state index is 15.1. The highest BCUT2D eigenvalue weighted by Crippen LogP contribution is 2.67. The van der Waals surface area contributed by atoms with E-state index in [1.54, 1.807) is 0 Å². The number of amides is 2. The Balaban J connectivity index is 1.85. The van der Waals surface area contributed by atoms with Gasteiger partial charge in [0, 0.05) is 0 Å².